The van der Waals surface area contributed by atoms with Gasteiger partial charge in [-0.2, -0.15) is 0 Å². The normalized spacial score (nSPS) is 28.2. The summed E-state index contributed by atoms with van der Waals surface area (Å²) in [5.74, 6) is 0. The highest BCUT2D eigenvalue weighted by Gasteiger charge is 2.34. The van der Waals surface area contributed by atoms with Crippen LogP contribution >= 0.6 is 0 Å². The first-order valence-electron chi connectivity index (χ1n) is 7.60. The fourth-order valence-electron chi connectivity index (χ4n) is 3.51. The van der Waals surface area contributed by atoms with E-state index in [1.54, 1.807) is 0 Å². The number of ether oxygens (including phenoxy) is 1. The molecule has 1 aliphatic carbocycles. The SMILES string of the molecule is CNC1(CCN2CCOCC2(C)C)CCCCC1. The fourth-order valence-corrected chi connectivity index (χ4v) is 3.51. The quantitative estimate of drug-likeness (QED) is 0.834. The smallest absolute Gasteiger partial charge is 0.0645 e. The maximum atomic E-state index is 5.60. The first-order valence-corrected chi connectivity index (χ1v) is 7.60. The van der Waals surface area contributed by atoms with Gasteiger partial charge in [-0.15, -0.1) is 0 Å². The van der Waals surface area contributed by atoms with Crippen molar-refractivity contribution >= 4 is 0 Å². The largest absolute Gasteiger partial charge is 0.378 e. The molecule has 0 bridgehead atoms. The molecule has 0 radical (unpaired) electrons. The maximum Gasteiger partial charge on any atom is 0.0645 e. The molecule has 1 aliphatic heterocycles. The molecule has 0 aromatic heterocycles. The van der Waals surface area contributed by atoms with E-state index < -0.39 is 0 Å². The molecule has 0 atom stereocenters. The molecule has 0 amide bonds. The van der Waals surface area contributed by atoms with Gasteiger partial charge in [0, 0.05) is 24.2 Å². The summed E-state index contributed by atoms with van der Waals surface area (Å²) >= 11 is 0. The van der Waals surface area contributed by atoms with Crippen molar-refractivity contribution in [2.75, 3.05) is 33.4 Å². The van der Waals surface area contributed by atoms with Crippen molar-refractivity contribution < 1.29 is 4.74 Å². The van der Waals surface area contributed by atoms with Crippen LogP contribution in [0.4, 0.5) is 0 Å². The third-order valence-electron chi connectivity index (χ3n) is 5.02. The molecular formula is C15H30N2O. The number of hydrogen-bond donors (Lipinski definition) is 1. The molecule has 0 aromatic carbocycles. The molecular weight excluding hydrogens is 224 g/mol. The van der Waals surface area contributed by atoms with Gasteiger partial charge in [-0.1, -0.05) is 19.3 Å². The number of nitrogens with zero attached hydrogens (tertiary/aromatic N) is 1. The van der Waals surface area contributed by atoms with Gasteiger partial charge in [-0.25, -0.2) is 0 Å². The molecule has 0 spiro atoms. The second kappa shape index (κ2) is 5.89. The highest BCUT2D eigenvalue weighted by Crippen LogP contribution is 2.32. The monoisotopic (exact) mass is 254 g/mol. The molecule has 18 heavy (non-hydrogen) atoms. The molecule has 1 saturated heterocycles. The van der Waals surface area contributed by atoms with Crippen LogP contribution in [0.3, 0.4) is 0 Å². The summed E-state index contributed by atoms with van der Waals surface area (Å²) < 4.78 is 5.60. The first-order chi connectivity index (χ1) is 8.58. The van der Waals surface area contributed by atoms with Gasteiger partial charge >= 0.3 is 0 Å². The third kappa shape index (κ3) is 3.25. The summed E-state index contributed by atoms with van der Waals surface area (Å²) in [6.45, 7) is 8.68. The Hall–Kier alpha value is -0.120. The lowest BCUT2D eigenvalue weighted by Gasteiger charge is -2.45. The Morgan fingerprint density at radius 3 is 2.50 bits per heavy atom. The zero-order valence-corrected chi connectivity index (χ0v) is 12.4. The Bertz CT molecular complexity index is 259. The zero-order valence-electron chi connectivity index (χ0n) is 12.4. The average Bonchev–Trinajstić information content (AvgIpc) is 2.38. The van der Waals surface area contributed by atoms with Crippen molar-refractivity contribution in [2.24, 2.45) is 0 Å². The van der Waals surface area contributed by atoms with Gasteiger partial charge in [-0.05, 0) is 40.2 Å². The van der Waals surface area contributed by atoms with E-state index in [0.29, 0.717) is 5.54 Å². The molecule has 1 saturated carbocycles. The van der Waals surface area contributed by atoms with Gasteiger partial charge in [0.05, 0.1) is 13.2 Å². The van der Waals surface area contributed by atoms with Crippen molar-refractivity contribution in [1.29, 1.82) is 0 Å². The van der Waals surface area contributed by atoms with Gasteiger partial charge in [0.1, 0.15) is 0 Å². The summed E-state index contributed by atoms with van der Waals surface area (Å²) in [6, 6.07) is 0. The van der Waals surface area contributed by atoms with Crippen molar-refractivity contribution in [3.8, 4) is 0 Å². The zero-order chi connectivity index (χ0) is 13.1. The number of nitrogens with one attached hydrogen (secondary N) is 1. The van der Waals surface area contributed by atoms with Crippen LogP contribution in [0, 0.1) is 0 Å². The van der Waals surface area contributed by atoms with Crippen LogP contribution in [0.5, 0.6) is 0 Å². The third-order valence-corrected chi connectivity index (χ3v) is 5.02. The molecule has 2 aliphatic rings. The van der Waals surface area contributed by atoms with Crippen LogP contribution in [0.15, 0.2) is 0 Å². The lowest BCUT2D eigenvalue weighted by molar-refractivity contribution is -0.0546. The molecule has 106 valence electrons. The molecule has 0 unspecified atom stereocenters. The molecule has 2 fully saturated rings. The van der Waals surface area contributed by atoms with Gasteiger partial charge in [0.15, 0.2) is 0 Å². The first kappa shape index (κ1) is 14.3. The van der Waals surface area contributed by atoms with Crippen molar-refractivity contribution in [3.63, 3.8) is 0 Å². The topological polar surface area (TPSA) is 24.5 Å². The predicted octanol–water partition coefficient (Wildman–Crippen LogP) is 2.41. The second-order valence-corrected chi connectivity index (χ2v) is 6.69. The van der Waals surface area contributed by atoms with Crippen LogP contribution in [-0.2, 0) is 4.74 Å². The lowest BCUT2D eigenvalue weighted by Crippen LogP contribution is -2.55. The Balaban J connectivity index is 1.88. The summed E-state index contributed by atoms with van der Waals surface area (Å²) in [5.41, 5.74) is 0.620. The number of hydrogen-bond acceptors (Lipinski definition) is 3. The number of rotatable bonds is 4. The Labute approximate surface area is 112 Å². The van der Waals surface area contributed by atoms with Crippen LogP contribution in [0.2, 0.25) is 0 Å². The molecule has 1 heterocycles. The Morgan fingerprint density at radius 2 is 1.89 bits per heavy atom. The van der Waals surface area contributed by atoms with Gasteiger partial charge in [-0.3, -0.25) is 4.90 Å². The molecule has 1 N–H and O–H groups in total. The van der Waals surface area contributed by atoms with Crippen LogP contribution in [0.25, 0.3) is 0 Å². The average molecular weight is 254 g/mol. The van der Waals surface area contributed by atoms with Crippen LogP contribution < -0.4 is 5.32 Å². The summed E-state index contributed by atoms with van der Waals surface area (Å²) in [4.78, 5) is 2.62. The minimum atomic E-state index is 0.210. The standard InChI is InChI=1S/C15H30N2O/c1-14(2)13-18-12-11-17(14)10-9-15(16-3)7-5-4-6-8-15/h16H,4-13H2,1-3H3. The number of morpholine rings is 1. The summed E-state index contributed by atoms with van der Waals surface area (Å²) in [7, 11) is 2.15. The van der Waals surface area contributed by atoms with Crippen LogP contribution in [-0.4, -0.2) is 49.3 Å². The van der Waals surface area contributed by atoms with Gasteiger partial charge in [0.2, 0.25) is 0 Å². The fraction of sp³-hybridized carbons (Fsp3) is 1.00. The van der Waals surface area contributed by atoms with Crippen molar-refractivity contribution in [2.45, 2.75) is 63.5 Å². The van der Waals surface area contributed by atoms with E-state index in [1.165, 1.54) is 45.1 Å². The van der Waals surface area contributed by atoms with E-state index in [-0.39, 0.29) is 5.54 Å². The predicted molar refractivity (Wildman–Crippen MR) is 76.0 cm³/mol. The van der Waals surface area contributed by atoms with Crippen molar-refractivity contribution in [1.82, 2.24) is 10.2 Å². The Morgan fingerprint density at radius 1 is 1.17 bits per heavy atom. The molecule has 3 heteroatoms. The van der Waals surface area contributed by atoms with E-state index in [9.17, 15) is 0 Å². The van der Waals surface area contributed by atoms with Crippen LogP contribution in [0.1, 0.15) is 52.4 Å². The van der Waals surface area contributed by atoms with E-state index in [2.05, 4.69) is 31.1 Å². The van der Waals surface area contributed by atoms with E-state index in [1.807, 2.05) is 0 Å². The maximum absolute atomic E-state index is 5.60. The van der Waals surface area contributed by atoms with E-state index in [4.69, 9.17) is 4.74 Å². The molecule has 3 nitrogen and oxygen atoms in total. The minimum Gasteiger partial charge on any atom is -0.378 e. The highest BCUT2D eigenvalue weighted by molar-refractivity contribution is 4.92. The van der Waals surface area contributed by atoms with Gasteiger partial charge < -0.3 is 10.1 Å². The van der Waals surface area contributed by atoms with E-state index >= 15 is 0 Å². The summed E-state index contributed by atoms with van der Waals surface area (Å²) in [5, 5.41) is 3.63. The molecule has 2 rings (SSSR count). The Kier molecular flexibility index (Phi) is 4.68. The molecule has 0 aromatic rings. The minimum absolute atomic E-state index is 0.210. The van der Waals surface area contributed by atoms with Crippen molar-refractivity contribution in [3.05, 3.63) is 0 Å². The highest BCUT2D eigenvalue weighted by atomic mass is 16.5. The van der Waals surface area contributed by atoms with Gasteiger partial charge in [0.25, 0.3) is 0 Å². The van der Waals surface area contributed by atoms with E-state index in [0.717, 1.165) is 19.8 Å². The second-order valence-electron chi connectivity index (χ2n) is 6.69. The lowest BCUT2D eigenvalue weighted by atomic mass is 9.79. The summed E-state index contributed by atoms with van der Waals surface area (Å²) in [6.07, 6.45) is 8.21.